The topological polar surface area (TPSA) is 23.6 Å². The Morgan fingerprint density at radius 2 is 2.19 bits per heavy atom. The van der Waals surface area contributed by atoms with Gasteiger partial charge in [-0.25, -0.2) is 0 Å². The van der Waals surface area contributed by atoms with Gasteiger partial charge >= 0.3 is 0 Å². The zero-order chi connectivity index (χ0) is 15.1. The number of benzene rings is 1. The lowest BCUT2D eigenvalue weighted by atomic mass is 10.3. The van der Waals surface area contributed by atoms with Crippen molar-refractivity contribution >= 4 is 63.3 Å². The minimum atomic E-state index is -0.0573. The van der Waals surface area contributed by atoms with Crippen molar-refractivity contribution in [2.75, 3.05) is 18.5 Å². The van der Waals surface area contributed by atoms with Gasteiger partial charge in [0.2, 0.25) is 0 Å². The lowest BCUT2D eigenvalue weighted by molar-refractivity contribution is -0.121. The standard InChI is InChI=1S/C14H11ClN2OS3/c1-3-6-17-12(18)11(21-14(17)19)13-16(2)9-7-8(15)4-5-10(9)20-13/h3-5,7H,1,6H2,2H3/b13-11-. The third-order valence-corrected chi connectivity index (χ3v) is 6.19. The van der Waals surface area contributed by atoms with Crippen LogP contribution in [0.2, 0.25) is 5.02 Å². The van der Waals surface area contributed by atoms with Crippen LogP contribution in [0.1, 0.15) is 0 Å². The molecule has 0 atom stereocenters. The number of fused-ring (bicyclic) bond motifs is 1. The van der Waals surface area contributed by atoms with E-state index in [0.717, 1.165) is 15.6 Å². The SMILES string of the molecule is C=CCN1C(=O)/C(=C2/Sc3ccc(Cl)cc3N2C)SC1=S. The Hall–Kier alpha value is -0.950. The first-order valence-corrected chi connectivity index (χ1v) is 8.55. The Labute approximate surface area is 142 Å². The lowest BCUT2D eigenvalue weighted by Crippen LogP contribution is -2.28. The first-order chi connectivity index (χ1) is 10.0. The highest BCUT2D eigenvalue weighted by molar-refractivity contribution is 8.27. The maximum absolute atomic E-state index is 12.5. The molecule has 21 heavy (non-hydrogen) atoms. The van der Waals surface area contributed by atoms with Crippen LogP contribution in [0.5, 0.6) is 0 Å². The van der Waals surface area contributed by atoms with E-state index in [2.05, 4.69) is 6.58 Å². The highest BCUT2D eigenvalue weighted by Gasteiger charge is 2.37. The fraction of sp³-hybridized carbons (Fsp3) is 0.143. The highest BCUT2D eigenvalue weighted by Crippen LogP contribution is 2.50. The van der Waals surface area contributed by atoms with Crippen molar-refractivity contribution in [1.82, 2.24) is 4.90 Å². The summed E-state index contributed by atoms with van der Waals surface area (Å²) in [5.41, 5.74) is 1.01. The Kier molecular flexibility index (Phi) is 4.05. The second-order valence-corrected chi connectivity index (χ2v) is 7.59. The third kappa shape index (κ3) is 2.50. The van der Waals surface area contributed by atoms with Gasteiger partial charge in [-0.15, -0.1) is 6.58 Å². The summed E-state index contributed by atoms with van der Waals surface area (Å²) in [5, 5.41) is 1.58. The van der Waals surface area contributed by atoms with Gasteiger partial charge in [0, 0.05) is 23.5 Å². The molecule has 1 aromatic carbocycles. The maximum atomic E-state index is 12.5. The van der Waals surface area contributed by atoms with E-state index >= 15 is 0 Å². The fourth-order valence-electron chi connectivity index (χ4n) is 2.13. The van der Waals surface area contributed by atoms with Gasteiger partial charge in [0.1, 0.15) is 9.23 Å². The summed E-state index contributed by atoms with van der Waals surface area (Å²) in [6, 6.07) is 5.73. The van der Waals surface area contributed by atoms with Gasteiger partial charge < -0.3 is 4.90 Å². The van der Waals surface area contributed by atoms with Gasteiger partial charge in [-0.05, 0) is 18.2 Å². The number of carbonyl (C=O) groups is 1. The second kappa shape index (κ2) is 5.68. The molecule has 3 rings (SSSR count). The maximum Gasteiger partial charge on any atom is 0.269 e. The van der Waals surface area contributed by atoms with Crippen LogP contribution in [-0.2, 0) is 4.79 Å². The predicted octanol–water partition coefficient (Wildman–Crippen LogP) is 4.10. The van der Waals surface area contributed by atoms with Crippen LogP contribution in [0, 0.1) is 0 Å². The third-order valence-electron chi connectivity index (χ3n) is 3.15. The van der Waals surface area contributed by atoms with Crippen LogP contribution >= 0.6 is 47.3 Å². The Bertz CT molecular complexity index is 701. The number of hydrogen-bond acceptors (Lipinski definition) is 5. The van der Waals surface area contributed by atoms with Gasteiger partial charge in [-0.1, -0.05) is 53.4 Å². The number of halogens is 1. The monoisotopic (exact) mass is 354 g/mol. The first kappa shape index (κ1) is 15.0. The van der Waals surface area contributed by atoms with E-state index in [-0.39, 0.29) is 5.91 Å². The molecule has 0 radical (unpaired) electrons. The quantitative estimate of drug-likeness (QED) is 0.452. The Morgan fingerprint density at radius 3 is 2.90 bits per heavy atom. The van der Waals surface area contributed by atoms with Crippen molar-refractivity contribution in [3.63, 3.8) is 0 Å². The zero-order valence-corrected chi connectivity index (χ0v) is 14.3. The molecular weight excluding hydrogens is 344 g/mol. The number of thiocarbonyl (C=S) groups is 1. The zero-order valence-electron chi connectivity index (χ0n) is 11.1. The van der Waals surface area contributed by atoms with E-state index in [9.17, 15) is 4.79 Å². The fourth-order valence-corrected chi connectivity index (χ4v) is 4.88. The molecule has 108 valence electrons. The molecule has 0 saturated carbocycles. The molecule has 0 aromatic heterocycles. The largest absolute Gasteiger partial charge is 0.337 e. The number of thioether (sulfide) groups is 2. The molecule has 0 N–H and O–H groups in total. The summed E-state index contributed by atoms with van der Waals surface area (Å²) in [5.74, 6) is -0.0573. The van der Waals surface area contributed by atoms with Crippen molar-refractivity contribution < 1.29 is 4.79 Å². The van der Waals surface area contributed by atoms with E-state index < -0.39 is 0 Å². The van der Waals surface area contributed by atoms with Crippen molar-refractivity contribution in [3.8, 4) is 0 Å². The Balaban J connectivity index is 2.00. The molecule has 2 aliphatic heterocycles. The summed E-state index contributed by atoms with van der Waals surface area (Å²) in [6.07, 6.45) is 1.68. The van der Waals surface area contributed by atoms with Crippen LogP contribution in [0.4, 0.5) is 5.69 Å². The van der Waals surface area contributed by atoms with E-state index in [0.29, 0.717) is 20.8 Å². The molecule has 1 fully saturated rings. The molecule has 2 heterocycles. The molecule has 1 saturated heterocycles. The van der Waals surface area contributed by atoms with Crippen LogP contribution in [0.25, 0.3) is 0 Å². The van der Waals surface area contributed by atoms with Crippen molar-refractivity contribution in [2.45, 2.75) is 4.90 Å². The van der Waals surface area contributed by atoms with Gasteiger partial charge in [0.05, 0.1) is 10.7 Å². The number of anilines is 1. The molecule has 0 aliphatic carbocycles. The van der Waals surface area contributed by atoms with Gasteiger partial charge in [0.15, 0.2) is 0 Å². The molecule has 1 amide bonds. The number of hydrogen-bond donors (Lipinski definition) is 0. The van der Waals surface area contributed by atoms with Crippen molar-refractivity contribution in [1.29, 1.82) is 0 Å². The normalized spacial score (nSPS) is 21.2. The molecule has 2 aliphatic rings. The molecule has 0 spiro atoms. The predicted molar refractivity (Wildman–Crippen MR) is 94.8 cm³/mol. The van der Waals surface area contributed by atoms with Crippen LogP contribution < -0.4 is 4.90 Å². The molecule has 0 bridgehead atoms. The van der Waals surface area contributed by atoms with Crippen LogP contribution in [-0.4, -0.2) is 28.7 Å². The van der Waals surface area contributed by atoms with Gasteiger partial charge in [0.25, 0.3) is 5.91 Å². The highest BCUT2D eigenvalue weighted by atomic mass is 35.5. The minimum Gasteiger partial charge on any atom is -0.337 e. The van der Waals surface area contributed by atoms with Crippen molar-refractivity contribution in [3.05, 3.63) is 45.8 Å². The smallest absolute Gasteiger partial charge is 0.269 e. The second-order valence-electron chi connectivity index (χ2n) is 4.48. The summed E-state index contributed by atoms with van der Waals surface area (Å²) in [7, 11) is 1.94. The van der Waals surface area contributed by atoms with Gasteiger partial charge in [-0.3, -0.25) is 9.69 Å². The summed E-state index contributed by atoms with van der Waals surface area (Å²) in [6.45, 7) is 4.10. The van der Waals surface area contributed by atoms with E-state index in [1.807, 2.05) is 30.1 Å². The molecule has 1 aromatic rings. The number of rotatable bonds is 2. The molecule has 7 heteroatoms. The van der Waals surface area contributed by atoms with E-state index in [4.69, 9.17) is 23.8 Å². The molecule has 0 unspecified atom stereocenters. The number of nitrogens with zero attached hydrogens (tertiary/aromatic N) is 2. The Morgan fingerprint density at radius 1 is 1.43 bits per heavy atom. The number of amides is 1. The molecular formula is C14H11ClN2OS3. The average molecular weight is 355 g/mol. The minimum absolute atomic E-state index is 0.0573. The summed E-state index contributed by atoms with van der Waals surface area (Å²) >= 11 is 14.2. The lowest BCUT2D eigenvalue weighted by Gasteiger charge is -2.15. The van der Waals surface area contributed by atoms with E-state index in [1.165, 1.54) is 11.8 Å². The summed E-state index contributed by atoms with van der Waals surface area (Å²) in [4.78, 5) is 17.8. The summed E-state index contributed by atoms with van der Waals surface area (Å²) < 4.78 is 0.574. The van der Waals surface area contributed by atoms with E-state index in [1.54, 1.807) is 22.7 Å². The van der Waals surface area contributed by atoms with Crippen molar-refractivity contribution in [2.24, 2.45) is 0 Å². The van der Waals surface area contributed by atoms with Crippen LogP contribution in [0.15, 0.2) is 45.7 Å². The van der Waals surface area contributed by atoms with Gasteiger partial charge in [-0.2, -0.15) is 0 Å². The average Bonchev–Trinajstić information content (AvgIpc) is 2.91. The first-order valence-electron chi connectivity index (χ1n) is 6.13. The molecule has 3 nitrogen and oxygen atoms in total. The van der Waals surface area contributed by atoms with Crippen LogP contribution in [0.3, 0.4) is 0 Å². The number of carbonyl (C=O) groups excluding carboxylic acids is 1.